The number of benzene rings is 2. The van der Waals surface area contributed by atoms with Gasteiger partial charge in [0.2, 0.25) is 0 Å². The number of nitrogens with one attached hydrogen (secondary N) is 1. The Labute approximate surface area is 122 Å². The molecule has 0 radical (unpaired) electrons. The fraction of sp³-hybridized carbons (Fsp3) is 0.250. The molecule has 2 aromatic carbocycles. The van der Waals surface area contributed by atoms with E-state index in [4.69, 9.17) is 0 Å². The molecule has 1 aliphatic heterocycles. The van der Waals surface area contributed by atoms with E-state index < -0.39 is 0 Å². The smallest absolute Gasteiger partial charge is 0.123 e. The number of phenolic OH excluding ortho intramolecular Hbond substituents is 1. The molecule has 20 heavy (non-hydrogen) atoms. The van der Waals surface area contributed by atoms with E-state index >= 15 is 0 Å². The van der Waals surface area contributed by atoms with Gasteiger partial charge in [-0.15, -0.1) is 11.8 Å². The molecule has 0 aromatic heterocycles. The van der Waals surface area contributed by atoms with E-state index in [-0.39, 0.29) is 17.6 Å². The van der Waals surface area contributed by atoms with Gasteiger partial charge in [0.15, 0.2) is 0 Å². The van der Waals surface area contributed by atoms with Crippen LogP contribution >= 0.6 is 11.8 Å². The Morgan fingerprint density at radius 3 is 2.80 bits per heavy atom. The lowest BCUT2D eigenvalue weighted by atomic mass is 10.0. The largest absolute Gasteiger partial charge is 0.508 e. The summed E-state index contributed by atoms with van der Waals surface area (Å²) in [6.07, 6.45) is 0.999. The number of hydrogen-bond donors (Lipinski definition) is 2. The molecule has 1 atom stereocenters. The molecule has 3 rings (SSSR count). The lowest BCUT2D eigenvalue weighted by Gasteiger charge is -2.26. The van der Waals surface area contributed by atoms with Crippen LogP contribution in [0.4, 0.5) is 4.39 Å². The SMILES string of the molecule is Oc1ccc(CNC2CCSc3ccc(F)cc32)cc1. The third kappa shape index (κ3) is 2.97. The molecule has 1 heterocycles. The summed E-state index contributed by atoms with van der Waals surface area (Å²) in [5.41, 5.74) is 2.17. The van der Waals surface area contributed by atoms with Crippen LogP contribution in [-0.4, -0.2) is 10.9 Å². The first-order valence-electron chi connectivity index (χ1n) is 6.66. The number of rotatable bonds is 3. The first-order valence-corrected chi connectivity index (χ1v) is 7.64. The Hall–Kier alpha value is -1.52. The van der Waals surface area contributed by atoms with Gasteiger partial charge in [-0.25, -0.2) is 4.39 Å². The lowest BCUT2D eigenvalue weighted by molar-refractivity contribution is 0.474. The normalized spacial score (nSPS) is 17.8. The zero-order valence-electron chi connectivity index (χ0n) is 11.0. The molecule has 104 valence electrons. The van der Waals surface area contributed by atoms with Gasteiger partial charge in [0.1, 0.15) is 11.6 Å². The minimum Gasteiger partial charge on any atom is -0.508 e. The maximum atomic E-state index is 13.4. The second-order valence-electron chi connectivity index (χ2n) is 4.92. The van der Waals surface area contributed by atoms with Crippen LogP contribution in [0.2, 0.25) is 0 Å². The number of hydrogen-bond acceptors (Lipinski definition) is 3. The van der Waals surface area contributed by atoms with Gasteiger partial charge in [0, 0.05) is 17.5 Å². The maximum absolute atomic E-state index is 13.4. The van der Waals surface area contributed by atoms with Gasteiger partial charge in [-0.2, -0.15) is 0 Å². The van der Waals surface area contributed by atoms with Crippen LogP contribution in [0.25, 0.3) is 0 Å². The van der Waals surface area contributed by atoms with Gasteiger partial charge in [-0.1, -0.05) is 12.1 Å². The van der Waals surface area contributed by atoms with Crippen LogP contribution in [0.1, 0.15) is 23.6 Å². The summed E-state index contributed by atoms with van der Waals surface area (Å²) < 4.78 is 13.4. The topological polar surface area (TPSA) is 32.3 Å². The third-order valence-corrected chi connectivity index (χ3v) is 4.62. The van der Waals surface area contributed by atoms with Gasteiger partial charge in [-0.05, 0) is 53.6 Å². The van der Waals surface area contributed by atoms with Crippen molar-refractivity contribution in [3.8, 4) is 5.75 Å². The van der Waals surface area contributed by atoms with E-state index in [1.807, 2.05) is 18.2 Å². The summed E-state index contributed by atoms with van der Waals surface area (Å²) in [4.78, 5) is 1.17. The Morgan fingerprint density at radius 1 is 1.20 bits per heavy atom. The standard InChI is InChI=1S/C16H16FNOS/c17-12-3-6-16-14(9-12)15(7-8-20-16)18-10-11-1-4-13(19)5-2-11/h1-6,9,15,18-19H,7-8,10H2. The number of thioether (sulfide) groups is 1. The molecule has 4 heteroatoms. The Bertz CT molecular complexity index is 600. The fourth-order valence-electron chi connectivity index (χ4n) is 2.43. The summed E-state index contributed by atoms with van der Waals surface area (Å²) in [6.45, 7) is 0.714. The highest BCUT2D eigenvalue weighted by Gasteiger charge is 2.20. The molecule has 0 aliphatic carbocycles. The van der Waals surface area contributed by atoms with Crippen molar-refractivity contribution in [1.82, 2.24) is 5.32 Å². The maximum Gasteiger partial charge on any atom is 0.123 e. The molecule has 2 N–H and O–H groups in total. The third-order valence-electron chi connectivity index (χ3n) is 3.50. The van der Waals surface area contributed by atoms with Crippen molar-refractivity contribution in [1.29, 1.82) is 0 Å². The molecular weight excluding hydrogens is 273 g/mol. The second-order valence-corrected chi connectivity index (χ2v) is 6.06. The zero-order valence-corrected chi connectivity index (χ0v) is 11.8. The van der Waals surface area contributed by atoms with Crippen LogP contribution in [0.15, 0.2) is 47.4 Å². The summed E-state index contributed by atoms with van der Waals surface area (Å²) in [7, 11) is 0. The first-order chi connectivity index (χ1) is 9.72. The molecule has 0 fully saturated rings. The number of fused-ring (bicyclic) bond motifs is 1. The molecule has 0 saturated heterocycles. The van der Waals surface area contributed by atoms with Gasteiger partial charge in [0.05, 0.1) is 0 Å². The molecule has 1 unspecified atom stereocenters. The van der Waals surface area contributed by atoms with E-state index in [1.54, 1.807) is 30.0 Å². The van der Waals surface area contributed by atoms with Crippen molar-refractivity contribution in [2.75, 3.05) is 5.75 Å². The highest BCUT2D eigenvalue weighted by Crippen LogP contribution is 2.36. The van der Waals surface area contributed by atoms with Crippen LogP contribution in [-0.2, 0) is 6.54 Å². The van der Waals surface area contributed by atoms with Gasteiger partial charge in [0.25, 0.3) is 0 Å². The second kappa shape index (κ2) is 5.85. The van der Waals surface area contributed by atoms with Gasteiger partial charge >= 0.3 is 0 Å². The highest BCUT2D eigenvalue weighted by atomic mass is 32.2. The summed E-state index contributed by atoms with van der Waals surface area (Å²) >= 11 is 1.79. The molecular formula is C16H16FNOS. The zero-order chi connectivity index (χ0) is 13.9. The van der Waals surface area contributed by atoms with Crippen LogP contribution in [0.5, 0.6) is 5.75 Å². The average Bonchev–Trinajstić information content (AvgIpc) is 2.47. The monoisotopic (exact) mass is 289 g/mol. The molecule has 0 amide bonds. The van der Waals surface area contributed by atoms with Gasteiger partial charge < -0.3 is 10.4 Å². The molecule has 1 aliphatic rings. The first kappa shape index (κ1) is 13.5. The lowest BCUT2D eigenvalue weighted by Crippen LogP contribution is -2.24. The molecule has 0 saturated carbocycles. The summed E-state index contributed by atoms with van der Waals surface area (Å²) in [5, 5.41) is 12.7. The van der Waals surface area contributed by atoms with E-state index in [9.17, 15) is 9.50 Å². The molecule has 0 spiro atoms. The minimum atomic E-state index is -0.178. The number of halogens is 1. The van der Waals surface area contributed by atoms with Crippen molar-refractivity contribution in [3.63, 3.8) is 0 Å². The quantitative estimate of drug-likeness (QED) is 0.900. The molecule has 2 nitrogen and oxygen atoms in total. The highest BCUT2D eigenvalue weighted by molar-refractivity contribution is 7.99. The number of aromatic hydroxyl groups is 1. The Morgan fingerprint density at radius 2 is 2.00 bits per heavy atom. The fourth-order valence-corrected chi connectivity index (χ4v) is 3.54. The van der Waals surface area contributed by atoms with Crippen LogP contribution < -0.4 is 5.32 Å². The Kier molecular flexibility index (Phi) is 3.94. The van der Waals surface area contributed by atoms with Crippen molar-refractivity contribution < 1.29 is 9.50 Å². The summed E-state index contributed by atoms with van der Waals surface area (Å²) in [5.74, 6) is 1.14. The van der Waals surface area contributed by atoms with E-state index in [1.165, 1.54) is 11.0 Å². The summed E-state index contributed by atoms with van der Waals surface area (Å²) in [6, 6.07) is 12.4. The number of phenols is 1. The molecule has 0 bridgehead atoms. The predicted octanol–water partition coefficient (Wildman–Crippen LogP) is 3.86. The van der Waals surface area contributed by atoms with Crippen molar-refractivity contribution in [2.24, 2.45) is 0 Å². The minimum absolute atomic E-state index is 0.178. The van der Waals surface area contributed by atoms with Gasteiger partial charge in [-0.3, -0.25) is 0 Å². The van der Waals surface area contributed by atoms with Crippen LogP contribution in [0, 0.1) is 5.82 Å². The van der Waals surface area contributed by atoms with Crippen molar-refractivity contribution >= 4 is 11.8 Å². The predicted molar refractivity (Wildman–Crippen MR) is 79.4 cm³/mol. The average molecular weight is 289 g/mol. The van der Waals surface area contributed by atoms with Crippen molar-refractivity contribution in [3.05, 3.63) is 59.4 Å². The van der Waals surface area contributed by atoms with E-state index in [0.717, 1.165) is 23.3 Å². The van der Waals surface area contributed by atoms with E-state index in [2.05, 4.69) is 5.32 Å². The van der Waals surface area contributed by atoms with Crippen molar-refractivity contribution in [2.45, 2.75) is 23.9 Å². The van der Waals surface area contributed by atoms with Crippen LogP contribution in [0.3, 0.4) is 0 Å². The van der Waals surface area contributed by atoms with E-state index in [0.29, 0.717) is 6.54 Å². The Balaban J connectivity index is 1.73. The molecule has 2 aromatic rings.